The van der Waals surface area contributed by atoms with Crippen molar-refractivity contribution < 1.29 is 10.2 Å². The molecule has 3 nitrogen and oxygen atoms in total. The van der Waals surface area contributed by atoms with Gasteiger partial charge in [0.05, 0.1) is 0 Å². The highest BCUT2D eigenvalue weighted by Gasteiger charge is 2.13. The van der Waals surface area contributed by atoms with Crippen LogP contribution in [0.5, 0.6) is 11.5 Å². The molecule has 0 spiro atoms. The third kappa shape index (κ3) is 1.88. The van der Waals surface area contributed by atoms with Crippen LogP contribution in [0.4, 0.5) is 0 Å². The van der Waals surface area contributed by atoms with Crippen molar-refractivity contribution in [3.05, 3.63) is 35.9 Å². The van der Waals surface area contributed by atoms with Crippen molar-refractivity contribution in [2.24, 2.45) is 5.73 Å². The molecule has 0 heterocycles. The Kier molecular flexibility index (Phi) is 3.14. The van der Waals surface area contributed by atoms with E-state index in [1.807, 2.05) is 0 Å². The normalized spacial score (nSPS) is 12.4. The van der Waals surface area contributed by atoms with Gasteiger partial charge in [-0.25, -0.2) is 0 Å². The molecule has 0 aliphatic heterocycles. The number of phenolic OH excluding ortho intramolecular Hbond substituents is 2. The van der Waals surface area contributed by atoms with Crippen LogP contribution in [-0.2, 0) is 0 Å². The molecule has 0 radical (unpaired) electrons. The van der Waals surface area contributed by atoms with E-state index in [9.17, 15) is 10.2 Å². The van der Waals surface area contributed by atoms with Crippen LogP contribution in [0.3, 0.4) is 0 Å². The summed E-state index contributed by atoms with van der Waals surface area (Å²) in [6, 6.07) is 2.89. The van der Waals surface area contributed by atoms with Crippen LogP contribution < -0.4 is 5.73 Å². The first-order chi connectivity index (χ1) is 6.57. The lowest BCUT2D eigenvalue weighted by molar-refractivity contribution is 0.434. The number of benzene rings is 1. The Morgan fingerprint density at radius 2 is 2.14 bits per heavy atom. The monoisotopic (exact) mass is 193 g/mol. The number of nitrogens with two attached hydrogens (primary N) is 1. The number of phenols is 2. The summed E-state index contributed by atoms with van der Waals surface area (Å²) in [5.41, 5.74) is 6.91. The first kappa shape index (κ1) is 10.6. The Bertz CT molecular complexity index is 347. The van der Waals surface area contributed by atoms with Crippen molar-refractivity contribution in [3.8, 4) is 11.5 Å². The van der Waals surface area contributed by atoms with Gasteiger partial charge in [-0.2, -0.15) is 0 Å². The van der Waals surface area contributed by atoms with Gasteiger partial charge in [0.25, 0.3) is 0 Å². The average molecular weight is 193 g/mol. The van der Waals surface area contributed by atoms with Crippen LogP contribution in [0.1, 0.15) is 23.6 Å². The van der Waals surface area contributed by atoms with Crippen molar-refractivity contribution in [1.29, 1.82) is 0 Å². The Hall–Kier alpha value is -1.48. The minimum Gasteiger partial charge on any atom is -0.508 e. The molecule has 0 amide bonds. The molecule has 1 aromatic carbocycles. The fourth-order valence-corrected chi connectivity index (χ4v) is 1.32. The topological polar surface area (TPSA) is 66.5 Å². The molecule has 0 aromatic heterocycles. The molecule has 76 valence electrons. The first-order valence-electron chi connectivity index (χ1n) is 4.45. The SMILES string of the molecule is C=CC[C@@H](N)c1ccc(O)c(C)c1O. The van der Waals surface area contributed by atoms with E-state index in [1.165, 1.54) is 6.07 Å². The number of hydrogen-bond acceptors (Lipinski definition) is 3. The third-order valence-electron chi connectivity index (χ3n) is 2.25. The fraction of sp³-hybridized carbons (Fsp3) is 0.273. The van der Waals surface area contributed by atoms with Gasteiger partial charge in [0, 0.05) is 17.2 Å². The summed E-state index contributed by atoms with van der Waals surface area (Å²) in [4.78, 5) is 0. The maximum Gasteiger partial charge on any atom is 0.126 e. The smallest absolute Gasteiger partial charge is 0.126 e. The van der Waals surface area contributed by atoms with Gasteiger partial charge in [-0.05, 0) is 19.4 Å². The van der Waals surface area contributed by atoms with Crippen LogP contribution in [0.25, 0.3) is 0 Å². The number of aromatic hydroxyl groups is 2. The Balaban J connectivity index is 3.10. The maximum atomic E-state index is 9.70. The lowest BCUT2D eigenvalue weighted by Crippen LogP contribution is -2.09. The second-order valence-corrected chi connectivity index (χ2v) is 3.28. The summed E-state index contributed by atoms with van der Waals surface area (Å²) in [6.45, 7) is 5.23. The van der Waals surface area contributed by atoms with Gasteiger partial charge in [0.15, 0.2) is 0 Å². The predicted molar refractivity (Wildman–Crippen MR) is 56.3 cm³/mol. The zero-order chi connectivity index (χ0) is 10.7. The van der Waals surface area contributed by atoms with Gasteiger partial charge in [0.2, 0.25) is 0 Å². The zero-order valence-electron chi connectivity index (χ0n) is 8.20. The third-order valence-corrected chi connectivity index (χ3v) is 2.25. The van der Waals surface area contributed by atoms with Crippen LogP contribution in [0.2, 0.25) is 0 Å². The van der Waals surface area contributed by atoms with Crippen LogP contribution in [0, 0.1) is 6.92 Å². The molecule has 0 saturated carbocycles. The van der Waals surface area contributed by atoms with Crippen molar-refractivity contribution in [2.45, 2.75) is 19.4 Å². The van der Waals surface area contributed by atoms with Crippen LogP contribution in [-0.4, -0.2) is 10.2 Å². The van der Waals surface area contributed by atoms with E-state index in [0.717, 1.165) is 0 Å². The molecular formula is C11H15NO2. The molecule has 0 fully saturated rings. The van der Waals surface area contributed by atoms with Crippen molar-refractivity contribution >= 4 is 0 Å². The largest absolute Gasteiger partial charge is 0.508 e. The Labute approximate surface area is 83.5 Å². The zero-order valence-corrected chi connectivity index (χ0v) is 8.20. The van der Waals surface area contributed by atoms with E-state index < -0.39 is 0 Å². The molecule has 0 saturated heterocycles. The van der Waals surface area contributed by atoms with E-state index in [-0.39, 0.29) is 17.5 Å². The van der Waals surface area contributed by atoms with Crippen molar-refractivity contribution in [1.82, 2.24) is 0 Å². The van der Waals surface area contributed by atoms with Gasteiger partial charge in [-0.3, -0.25) is 0 Å². The molecule has 1 atom stereocenters. The van der Waals surface area contributed by atoms with E-state index in [0.29, 0.717) is 17.5 Å². The lowest BCUT2D eigenvalue weighted by atomic mass is 10.0. The van der Waals surface area contributed by atoms with Crippen LogP contribution >= 0.6 is 0 Å². The average Bonchev–Trinajstić information content (AvgIpc) is 2.15. The minimum atomic E-state index is -0.271. The van der Waals surface area contributed by atoms with Gasteiger partial charge in [-0.15, -0.1) is 6.58 Å². The highest BCUT2D eigenvalue weighted by atomic mass is 16.3. The van der Waals surface area contributed by atoms with E-state index in [2.05, 4.69) is 6.58 Å². The van der Waals surface area contributed by atoms with E-state index in [1.54, 1.807) is 19.1 Å². The van der Waals surface area contributed by atoms with Crippen molar-refractivity contribution in [2.75, 3.05) is 0 Å². The second-order valence-electron chi connectivity index (χ2n) is 3.28. The summed E-state index contributed by atoms with van der Waals surface area (Å²) < 4.78 is 0. The molecule has 1 rings (SSSR count). The molecule has 1 aromatic rings. The molecule has 4 N–H and O–H groups in total. The van der Waals surface area contributed by atoms with E-state index in [4.69, 9.17) is 5.73 Å². The predicted octanol–water partition coefficient (Wildman–Crippen LogP) is 1.98. The Morgan fingerprint density at radius 3 is 2.71 bits per heavy atom. The van der Waals surface area contributed by atoms with Gasteiger partial charge in [-0.1, -0.05) is 12.1 Å². The number of hydrogen-bond donors (Lipinski definition) is 3. The summed E-state index contributed by atoms with van der Waals surface area (Å²) in [5.74, 6) is 0.149. The lowest BCUT2D eigenvalue weighted by Gasteiger charge is -2.13. The minimum absolute atomic E-state index is 0.0688. The molecule has 3 heteroatoms. The molecule has 14 heavy (non-hydrogen) atoms. The summed E-state index contributed by atoms with van der Waals surface area (Å²) in [6.07, 6.45) is 2.30. The summed E-state index contributed by atoms with van der Waals surface area (Å²) in [5, 5.41) is 19.0. The van der Waals surface area contributed by atoms with E-state index >= 15 is 0 Å². The molecule has 0 aliphatic carbocycles. The van der Waals surface area contributed by atoms with Crippen LogP contribution in [0.15, 0.2) is 24.8 Å². The molecule has 0 bridgehead atoms. The number of rotatable bonds is 3. The standard InChI is InChI=1S/C11H15NO2/c1-3-4-9(12)8-5-6-10(13)7(2)11(8)14/h3,5-6,9,13-14H,1,4,12H2,2H3/t9-/m1/s1. The molecular weight excluding hydrogens is 178 g/mol. The maximum absolute atomic E-state index is 9.70. The molecule has 0 unspecified atom stereocenters. The quantitative estimate of drug-likeness (QED) is 0.643. The van der Waals surface area contributed by atoms with Gasteiger partial charge >= 0.3 is 0 Å². The highest BCUT2D eigenvalue weighted by Crippen LogP contribution is 2.33. The van der Waals surface area contributed by atoms with Crippen molar-refractivity contribution in [3.63, 3.8) is 0 Å². The first-order valence-corrected chi connectivity index (χ1v) is 4.45. The Morgan fingerprint density at radius 1 is 1.50 bits per heavy atom. The summed E-state index contributed by atoms with van der Waals surface area (Å²) in [7, 11) is 0. The van der Waals surface area contributed by atoms with Gasteiger partial charge < -0.3 is 15.9 Å². The molecule has 0 aliphatic rings. The highest BCUT2D eigenvalue weighted by molar-refractivity contribution is 5.48. The second kappa shape index (κ2) is 4.15. The summed E-state index contributed by atoms with van der Waals surface area (Å²) >= 11 is 0. The fourth-order valence-electron chi connectivity index (χ4n) is 1.32. The van der Waals surface area contributed by atoms with Gasteiger partial charge in [0.1, 0.15) is 11.5 Å².